The van der Waals surface area contributed by atoms with Crippen LogP contribution in [0.4, 0.5) is 0 Å². The van der Waals surface area contributed by atoms with E-state index in [-0.39, 0.29) is 42.7 Å². The summed E-state index contributed by atoms with van der Waals surface area (Å²) in [6, 6.07) is -0.00553. The van der Waals surface area contributed by atoms with Crippen LogP contribution < -0.4 is 11.5 Å². The zero-order valence-electron chi connectivity index (χ0n) is 11.1. The van der Waals surface area contributed by atoms with Crippen molar-refractivity contribution in [3.05, 3.63) is 0 Å². The molecule has 0 saturated heterocycles. The molecule has 0 aromatic carbocycles. The predicted molar refractivity (Wildman–Crippen MR) is 73.2 cm³/mol. The fraction of sp³-hybridized carbons (Fsp3) is 0.833. The molecule has 5 nitrogen and oxygen atoms in total. The van der Waals surface area contributed by atoms with Crippen molar-refractivity contribution in [2.45, 2.75) is 39.2 Å². The lowest BCUT2D eigenvalue weighted by Gasteiger charge is -2.30. The van der Waals surface area contributed by atoms with Gasteiger partial charge in [0.25, 0.3) is 0 Å². The van der Waals surface area contributed by atoms with Gasteiger partial charge in [0.15, 0.2) is 0 Å². The number of hydrogen-bond donors (Lipinski definition) is 2. The molecule has 1 fully saturated rings. The van der Waals surface area contributed by atoms with Gasteiger partial charge in [-0.15, -0.1) is 12.4 Å². The van der Waals surface area contributed by atoms with E-state index in [1.54, 1.807) is 4.90 Å². The summed E-state index contributed by atoms with van der Waals surface area (Å²) in [7, 11) is 0. The third-order valence-electron chi connectivity index (χ3n) is 3.51. The number of carbonyl (C=O) groups is 2. The van der Waals surface area contributed by atoms with Crippen molar-refractivity contribution in [2.75, 3.05) is 13.1 Å². The van der Waals surface area contributed by atoms with Crippen LogP contribution in [0.15, 0.2) is 0 Å². The van der Waals surface area contributed by atoms with Crippen LogP contribution in [-0.4, -0.2) is 35.8 Å². The van der Waals surface area contributed by atoms with E-state index in [1.165, 1.54) is 0 Å². The summed E-state index contributed by atoms with van der Waals surface area (Å²) < 4.78 is 0. The van der Waals surface area contributed by atoms with E-state index in [9.17, 15) is 9.59 Å². The number of halogens is 1. The molecule has 0 radical (unpaired) electrons. The Morgan fingerprint density at radius 2 is 1.94 bits per heavy atom. The molecule has 1 aliphatic carbocycles. The maximum atomic E-state index is 12.4. The monoisotopic (exact) mass is 277 g/mol. The van der Waals surface area contributed by atoms with Crippen LogP contribution in [0.2, 0.25) is 0 Å². The molecule has 0 aromatic heterocycles. The van der Waals surface area contributed by atoms with E-state index in [2.05, 4.69) is 0 Å². The molecular formula is C12H24ClN3O2. The SMILES string of the molecule is CC(C)N(CC(N)=O)C(=O)[C@@H]1CCC[C@@H]1CN.Cl. The number of carbonyl (C=O) groups excluding carboxylic acids is 2. The minimum atomic E-state index is -0.464. The fourth-order valence-corrected chi connectivity index (χ4v) is 2.54. The van der Waals surface area contributed by atoms with Crippen LogP contribution in [0.3, 0.4) is 0 Å². The Morgan fingerprint density at radius 3 is 2.39 bits per heavy atom. The van der Waals surface area contributed by atoms with Gasteiger partial charge in [-0.1, -0.05) is 6.42 Å². The summed E-state index contributed by atoms with van der Waals surface area (Å²) in [6.45, 7) is 4.34. The van der Waals surface area contributed by atoms with E-state index in [1.807, 2.05) is 13.8 Å². The first-order chi connectivity index (χ1) is 7.97. The molecule has 0 aliphatic heterocycles. The average molecular weight is 278 g/mol. The summed E-state index contributed by atoms with van der Waals surface area (Å²) >= 11 is 0. The van der Waals surface area contributed by atoms with Crippen molar-refractivity contribution in [1.82, 2.24) is 4.90 Å². The van der Waals surface area contributed by atoms with E-state index in [0.717, 1.165) is 19.3 Å². The van der Waals surface area contributed by atoms with Crippen LogP contribution in [-0.2, 0) is 9.59 Å². The second-order valence-electron chi connectivity index (χ2n) is 5.06. The standard InChI is InChI=1S/C12H23N3O2.ClH/c1-8(2)15(7-11(14)16)12(17)10-5-3-4-9(10)6-13;/h8-10H,3-7,13H2,1-2H3,(H2,14,16);1H/t9-,10-;/m1./s1. The van der Waals surface area contributed by atoms with Crippen molar-refractivity contribution in [2.24, 2.45) is 23.3 Å². The van der Waals surface area contributed by atoms with E-state index in [4.69, 9.17) is 11.5 Å². The minimum absolute atomic E-state index is 0. The highest BCUT2D eigenvalue weighted by Gasteiger charge is 2.35. The van der Waals surface area contributed by atoms with Crippen LogP contribution in [0, 0.1) is 11.8 Å². The molecule has 0 unspecified atom stereocenters. The number of rotatable bonds is 5. The first kappa shape index (κ1) is 17.2. The van der Waals surface area contributed by atoms with Crippen molar-refractivity contribution < 1.29 is 9.59 Å². The van der Waals surface area contributed by atoms with E-state index < -0.39 is 5.91 Å². The number of primary amides is 1. The first-order valence-corrected chi connectivity index (χ1v) is 6.26. The normalized spacial score (nSPS) is 22.7. The fourth-order valence-electron chi connectivity index (χ4n) is 2.54. The summed E-state index contributed by atoms with van der Waals surface area (Å²) in [5.74, 6) is -0.195. The lowest BCUT2D eigenvalue weighted by atomic mass is 9.94. The molecular weight excluding hydrogens is 254 g/mol. The molecule has 0 heterocycles. The lowest BCUT2D eigenvalue weighted by Crippen LogP contribution is -2.46. The zero-order chi connectivity index (χ0) is 13.0. The van der Waals surface area contributed by atoms with Gasteiger partial charge in [0.2, 0.25) is 11.8 Å². The molecule has 18 heavy (non-hydrogen) atoms. The van der Waals surface area contributed by atoms with Crippen molar-refractivity contribution >= 4 is 24.2 Å². The predicted octanol–water partition coefficient (Wildman–Crippen LogP) is 0.506. The van der Waals surface area contributed by atoms with Gasteiger partial charge >= 0.3 is 0 Å². The second-order valence-corrected chi connectivity index (χ2v) is 5.06. The van der Waals surface area contributed by atoms with Gasteiger partial charge in [0, 0.05) is 12.0 Å². The molecule has 0 aromatic rings. The summed E-state index contributed by atoms with van der Waals surface area (Å²) in [5, 5.41) is 0. The Labute approximate surface area is 115 Å². The molecule has 2 atom stereocenters. The summed E-state index contributed by atoms with van der Waals surface area (Å²) in [4.78, 5) is 24.9. The Hall–Kier alpha value is -0.810. The van der Waals surface area contributed by atoms with E-state index in [0.29, 0.717) is 6.54 Å². The molecule has 2 amide bonds. The Balaban J connectivity index is 0.00000289. The van der Waals surface area contributed by atoms with Gasteiger partial charge in [-0.25, -0.2) is 0 Å². The Kier molecular flexibility index (Phi) is 7.25. The Morgan fingerprint density at radius 1 is 1.33 bits per heavy atom. The first-order valence-electron chi connectivity index (χ1n) is 6.26. The number of amides is 2. The number of nitrogens with two attached hydrogens (primary N) is 2. The Bertz CT molecular complexity index is 297. The molecule has 6 heteroatoms. The van der Waals surface area contributed by atoms with Crippen molar-refractivity contribution in [3.8, 4) is 0 Å². The van der Waals surface area contributed by atoms with Crippen LogP contribution in [0.25, 0.3) is 0 Å². The van der Waals surface area contributed by atoms with Gasteiger partial charge < -0.3 is 16.4 Å². The molecule has 0 bridgehead atoms. The number of hydrogen-bond acceptors (Lipinski definition) is 3. The maximum absolute atomic E-state index is 12.4. The lowest BCUT2D eigenvalue weighted by molar-refractivity contribution is -0.141. The smallest absolute Gasteiger partial charge is 0.237 e. The van der Waals surface area contributed by atoms with Gasteiger partial charge in [-0.2, -0.15) is 0 Å². The highest BCUT2D eigenvalue weighted by atomic mass is 35.5. The third kappa shape index (κ3) is 4.14. The molecule has 1 rings (SSSR count). The van der Waals surface area contributed by atoms with Crippen molar-refractivity contribution in [3.63, 3.8) is 0 Å². The van der Waals surface area contributed by atoms with E-state index >= 15 is 0 Å². The van der Waals surface area contributed by atoms with Gasteiger partial charge in [0.05, 0.1) is 6.54 Å². The van der Waals surface area contributed by atoms with Crippen LogP contribution in [0.1, 0.15) is 33.1 Å². The van der Waals surface area contributed by atoms with Crippen molar-refractivity contribution in [1.29, 1.82) is 0 Å². The maximum Gasteiger partial charge on any atom is 0.237 e. The number of nitrogens with zero attached hydrogens (tertiary/aromatic N) is 1. The van der Waals surface area contributed by atoms with Gasteiger partial charge in [-0.3, -0.25) is 9.59 Å². The summed E-state index contributed by atoms with van der Waals surface area (Å²) in [6.07, 6.45) is 2.93. The molecule has 1 saturated carbocycles. The second kappa shape index (κ2) is 7.59. The zero-order valence-corrected chi connectivity index (χ0v) is 11.9. The molecule has 0 spiro atoms. The third-order valence-corrected chi connectivity index (χ3v) is 3.51. The van der Waals surface area contributed by atoms with Gasteiger partial charge in [0.1, 0.15) is 0 Å². The summed E-state index contributed by atoms with van der Waals surface area (Å²) in [5.41, 5.74) is 10.9. The minimum Gasteiger partial charge on any atom is -0.368 e. The van der Waals surface area contributed by atoms with Crippen LogP contribution >= 0.6 is 12.4 Å². The van der Waals surface area contributed by atoms with Gasteiger partial charge in [-0.05, 0) is 39.2 Å². The molecule has 106 valence electrons. The average Bonchev–Trinajstić information content (AvgIpc) is 2.72. The molecule has 1 aliphatic rings. The highest BCUT2D eigenvalue weighted by Crippen LogP contribution is 2.32. The topological polar surface area (TPSA) is 89.4 Å². The highest BCUT2D eigenvalue weighted by molar-refractivity contribution is 5.86. The quantitative estimate of drug-likeness (QED) is 0.767. The largest absolute Gasteiger partial charge is 0.368 e. The van der Waals surface area contributed by atoms with Crippen LogP contribution in [0.5, 0.6) is 0 Å². The molecule has 4 N–H and O–H groups in total.